The number of carbonyl (C=O) groups is 1. The Bertz CT molecular complexity index is 997. The van der Waals surface area contributed by atoms with Crippen LogP contribution in [0.15, 0.2) is 53.1 Å². The van der Waals surface area contributed by atoms with E-state index < -0.39 is 0 Å². The van der Waals surface area contributed by atoms with Crippen molar-refractivity contribution in [2.45, 2.75) is 33.4 Å². The third-order valence-corrected chi connectivity index (χ3v) is 4.57. The lowest BCUT2D eigenvalue weighted by Crippen LogP contribution is -2.27. The zero-order chi connectivity index (χ0) is 20.1. The van der Waals surface area contributed by atoms with Gasteiger partial charge in [-0.2, -0.15) is 5.26 Å². The van der Waals surface area contributed by atoms with Crippen molar-refractivity contribution in [3.63, 3.8) is 0 Å². The third-order valence-electron chi connectivity index (χ3n) is 4.57. The van der Waals surface area contributed by atoms with E-state index in [1.165, 1.54) is 0 Å². The quantitative estimate of drug-likeness (QED) is 0.696. The highest BCUT2D eigenvalue weighted by Gasteiger charge is 2.17. The molecule has 0 radical (unpaired) electrons. The van der Waals surface area contributed by atoms with Crippen molar-refractivity contribution in [3.05, 3.63) is 82.2 Å². The molecule has 6 nitrogen and oxygen atoms in total. The Labute approximate surface area is 163 Å². The molecule has 1 atom stereocenters. The summed E-state index contributed by atoms with van der Waals surface area (Å²) in [5, 5.41) is 15.8. The van der Waals surface area contributed by atoms with Crippen LogP contribution >= 0.6 is 0 Å². The monoisotopic (exact) mass is 375 g/mol. The molecular weight excluding hydrogens is 354 g/mol. The number of benzene rings is 2. The minimum atomic E-state index is -0.230. The van der Waals surface area contributed by atoms with Crippen LogP contribution in [0.2, 0.25) is 0 Å². The van der Waals surface area contributed by atoms with Crippen LogP contribution in [0.1, 0.15) is 51.5 Å². The third kappa shape index (κ3) is 4.21. The molecule has 3 rings (SSSR count). The van der Waals surface area contributed by atoms with Crippen molar-refractivity contribution in [2.24, 2.45) is 0 Å². The Kier molecular flexibility index (Phi) is 5.75. The molecule has 0 saturated heterocycles. The van der Waals surface area contributed by atoms with Crippen LogP contribution in [0, 0.1) is 25.2 Å². The number of ether oxygens (including phenoxy) is 1. The summed E-state index contributed by atoms with van der Waals surface area (Å²) in [6.07, 6.45) is 0. The topological polar surface area (TPSA) is 88.2 Å². The van der Waals surface area contributed by atoms with Gasteiger partial charge < -0.3 is 14.6 Å². The highest BCUT2D eigenvalue weighted by Crippen LogP contribution is 2.23. The van der Waals surface area contributed by atoms with Crippen molar-refractivity contribution in [2.75, 3.05) is 0 Å². The largest absolute Gasteiger partial charge is 0.488 e. The average molecular weight is 375 g/mol. The van der Waals surface area contributed by atoms with Gasteiger partial charge >= 0.3 is 0 Å². The molecule has 6 heteroatoms. The molecule has 28 heavy (non-hydrogen) atoms. The van der Waals surface area contributed by atoms with Crippen LogP contribution in [0.25, 0.3) is 0 Å². The standard InChI is InChI=1S/C22H21N3O3/c1-14(18-10-8-17(12-23)9-11-18)24-22(26)19-6-4-5-7-21(19)27-13-20-15(2)25-28-16(20)3/h4-11,14H,13H2,1-3H3,(H,24,26). The van der Waals surface area contributed by atoms with E-state index in [0.29, 0.717) is 22.6 Å². The van der Waals surface area contributed by atoms with E-state index in [-0.39, 0.29) is 18.6 Å². The summed E-state index contributed by atoms with van der Waals surface area (Å²) >= 11 is 0. The first-order valence-electron chi connectivity index (χ1n) is 8.94. The molecule has 0 aliphatic carbocycles. The molecule has 1 N–H and O–H groups in total. The molecule has 1 heterocycles. The molecule has 1 aromatic heterocycles. The number of amides is 1. The molecular formula is C22H21N3O3. The van der Waals surface area contributed by atoms with Gasteiger partial charge in [0, 0.05) is 0 Å². The first-order valence-corrected chi connectivity index (χ1v) is 8.94. The Balaban J connectivity index is 1.72. The second-order valence-corrected chi connectivity index (χ2v) is 6.52. The number of aryl methyl sites for hydroxylation is 2. The van der Waals surface area contributed by atoms with E-state index >= 15 is 0 Å². The van der Waals surface area contributed by atoms with Crippen molar-refractivity contribution in [1.82, 2.24) is 10.5 Å². The fourth-order valence-corrected chi connectivity index (χ4v) is 2.84. The fraction of sp³-hybridized carbons (Fsp3) is 0.227. The van der Waals surface area contributed by atoms with Gasteiger partial charge in [0.25, 0.3) is 5.91 Å². The highest BCUT2D eigenvalue weighted by atomic mass is 16.5. The summed E-state index contributed by atoms with van der Waals surface area (Å²) in [7, 11) is 0. The summed E-state index contributed by atoms with van der Waals surface area (Å²) in [4.78, 5) is 12.8. The van der Waals surface area contributed by atoms with Gasteiger partial charge in [0.05, 0.1) is 34.5 Å². The second kappa shape index (κ2) is 8.40. The molecule has 0 spiro atoms. The summed E-state index contributed by atoms with van der Waals surface area (Å²) < 4.78 is 11.0. The number of nitrogens with zero attached hydrogens (tertiary/aromatic N) is 2. The lowest BCUT2D eigenvalue weighted by Gasteiger charge is -2.16. The number of carbonyl (C=O) groups excluding carboxylic acids is 1. The van der Waals surface area contributed by atoms with E-state index in [1.807, 2.05) is 39.0 Å². The highest BCUT2D eigenvalue weighted by molar-refractivity contribution is 5.97. The number of aromatic nitrogens is 1. The van der Waals surface area contributed by atoms with Crippen molar-refractivity contribution < 1.29 is 14.1 Å². The Morgan fingerprint density at radius 1 is 1.21 bits per heavy atom. The Morgan fingerprint density at radius 2 is 1.93 bits per heavy atom. The predicted octanol–water partition coefficient (Wildman–Crippen LogP) is 4.23. The SMILES string of the molecule is Cc1noc(C)c1COc1ccccc1C(=O)NC(C)c1ccc(C#N)cc1. The van der Waals surface area contributed by atoms with Gasteiger partial charge in [-0.3, -0.25) is 4.79 Å². The normalized spacial score (nSPS) is 11.5. The van der Waals surface area contributed by atoms with Crippen molar-refractivity contribution in [1.29, 1.82) is 5.26 Å². The van der Waals surface area contributed by atoms with Gasteiger partial charge in [0.1, 0.15) is 18.1 Å². The second-order valence-electron chi connectivity index (χ2n) is 6.52. The van der Waals surface area contributed by atoms with Crippen LogP contribution in [-0.2, 0) is 6.61 Å². The van der Waals surface area contributed by atoms with Crippen LogP contribution < -0.4 is 10.1 Å². The first-order chi connectivity index (χ1) is 13.5. The van der Waals surface area contributed by atoms with Crippen LogP contribution in [0.3, 0.4) is 0 Å². The summed E-state index contributed by atoms with van der Waals surface area (Å²) in [5.41, 5.74) is 3.60. The van der Waals surface area contributed by atoms with E-state index in [9.17, 15) is 4.79 Å². The number of hydrogen-bond donors (Lipinski definition) is 1. The average Bonchev–Trinajstić information content (AvgIpc) is 3.04. The predicted molar refractivity (Wildman–Crippen MR) is 104 cm³/mol. The number of nitriles is 1. The lowest BCUT2D eigenvalue weighted by atomic mass is 10.1. The van der Waals surface area contributed by atoms with Gasteiger partial charge in [-0.25, -0.2) is 0 Å². The molecule has 2 aromatic carbocycles. The number of para-hydroxylation sites is 1. The maximum atomic E-state index is 12.8. The minimum absolute atomic E-state index is 0.212. The zero-order valence-electron chi connectivity index (χ0n) is 16.0. The molecule has 0 aliphatic rings. The number of nitrogens with one attached hydrogen (secondary N) is 1. The number of hydrogen-bond acceptors (Lipinski definition) is 5. The van der Waals surface area contributed by atoms with Crippen molar-refractivity contribution in [3.8, 4) is 11.8 Å². The van der Waals surface area contributed by atoms with Gasteiger partial charge in [-0.15, -0.1) is 0 Å². The molecule has 0 fully saturated rings. The maximum absolute atomic E-state index is 12.8. The lowest BCUT2D eigenvalue weighted by molar-refractivity contribution is 0.0935. The van der Waals surface area contributed by atoms with E-state index in [2.05, 4.69) is 16.5 Å². The van der Waals surface area contributed by atoms with Crippen LogP contribution in [0.5, 0.6) is 5.75 Å². The van der Waals surface area contributed by atoms with Gasteiger partial charge in [0.15, 0.2) is 0 Å². The minimum Gasteiger partial charge on any atom is -0.488 e. The Hall–Kier alpha value is -3.59. The molecule has 142 valence electrons. The summed E-state index contributed by atoms with van der Waals surface area (Å²) in [6, 6.07) is 16.1. The Morgan fingerprint density at radius 3 is 2.57 bits per heavy atom. The van der Waals surface area contributed by atoms with Gasteiger partial charge in [-0.1, -0.05) is 29.4 Å². The molecule has 0 bridgehead atoms. The van der Waals surface area contributed by atoms with E-state index in [4.69, 9.17) is 14.5 Å². The van der Waals surface area contributed by atoms with Gasteiger partial charge in [0.2, 0.25) is 0 Å². The maximum Gasteiger partial charge on any atom is 0.255 e. The molecule has 3 aromatic rings. The smallest absolute Gasteiger partial charge is 0.255 e. The van der Waals surface area contributed by atoms with Crippen LogP contribution in [-0.4, -0.2) is 11.1 Å². The van der Waals surface area contributed by atoms with Crippen molar-refractivity contribution >= 4 is 5.91 Å². The number of rotatable bonds is 6. The molecule has 0 saturated carbocycles. The molecule has 0 aliphatic heterocycles. The van der Waals surface area contributed by atoms with E-state index in [1.54, 1.807) is 30.3 Å². The fourth-order valence-electron chi connectivity index (χ4n) is 2.84. The first kappa shape index (κ1) is 19.2. The molecule has 1 unspecified atom stereocenters. The van der Waals surface area contributed by atoms with Crippen LogP contribution in [0.4, 0.5) is 0 Å². The van der Waals surface area contributed by atoms with E-state index in [0.717, 1.165) is 16.8 Å². The summed E-state index contributed by atoms with van der Waals surface area (Å²) in [5.74, 6) is 0.965. The molecule has 1 amide bonds. The zero-order valence-corrected chi connectivity index (χ0v) is 16.0. The van der Waals surface area contributed by atoms with Gasteiger partial charge in [-0.05, 0) is 50.6 Å². The summed E-state index contributed by atoms with van der Waals surface area (Å²) in [6.45, 7) is 5.85.